The number of rotatable bonds is 3. The first-order chi connectivity index (χ1) is 11.1. The molecule has 2 aromatic carbocycles. The summed E-state index contributed by atoms with van der Waals surface area (Å²) in [4.78, 5) is 13.2. The van der Waals surface area contributed by atoms with Gasteiger partial charge in [0.1, 0.15) is 11.6 Å². The molecule has 3 nitrogen and oxygen atoms in total. The zero-order valence-electron chi connectivity index (χ0n) is 12.6. The molecule has 118 valence electrons. The standard InChI is InChI=1S/C18H16F2N2O/c1-22(13-15-9-10-16(19)12-17(15)20)18(23)21-11-5-8-14-6-3-2-4-7-14/h2-4,6-7,9-10,12H,11,13H2,1H3,(H,21,23). The van der Waals surface area contributed by atoms with Crippen molar-refractivity contribution in [3.8, 4) is 11.8 Å². The summed E-state index contributed by atoms with van der Waals surface area (Å²) in [6.45, 7) is 0.230. The average Bonchev–Trinajstić information content (AvgIpc) is 2.55. The molecule has 0 unspecified atom stereocenters. The van der Waals surface area contributed by atoms with Crippen LogP contribution in [0.3, 0.4) is 0 Å². The van der Waals surface area contributed by atoms with Gasteiger partial charge in [-0.2, -0.15) is 0 Å². The Kier molecular flexibility index (Phi) is 5.70. The molecule has 5 heteroatoms. The number of hydrogen-bond acceptors (Lipinski definition) is 1. The van der Waals surface area contributed by atoms with Crippen molar-refractivity contribution >= 4 is 6.03 Å². The Labute approximate surface area is 133 Å². The van der Waals surface area contributed by atoms with E-state index in [9.17, 15) is 13.6 Å². The van der Waals surface area contributed by atoms with Crippen molar-refractivity contribution in [1.29, 1.82) is 0 Å². The van der Waals surface area contributed by atoms with E-state index >= 15 is 0 Å². The van der Waals surface area contributed by atoms with E-state index in [4.69, 9.17) is 0 Å². The van der Waals surface area contributed by atoms with Gasteiger partial charge >= 0.3 is 6.03 Å². The molecule has 1 N–H and O–H groups in total. The van der Waals surface area contributed by atoms with Crippen molar-refractivity contribution in [1.82, 2.24) is 10.2 Å². The molecule has 0 atom stereocenters. The summed E-state index contributed by atoms with van der Waals surface area (Å²) in [6, 6.07) is 12.3. The lowest BCUT2D eigenvalue weighted by atomic mass is 10.2. The number of nitrogens with zero attached hydrogens (tertiary/aromatic N) is 1. The summed E-state index contributed by atoms with van der Waals surface area (Å²) in [5, 5.41) is 2.62. The third-order valence-corrected chi connectivity index (χ3v) is 3.10. The van der Waals surface area contributed by atoms with Crippen LogP contribution in [-0.2, 0) is 6.54 Å². The second-order valence-electron chi connectivity index (χ2n) is 4.92. The van der Waals surface area contributed by atoms with Gasteiger partial charge in [-0.3, -0.25) is 0 Å². The van der Waals surface area contributed by atoms with Gasteiger partial charge < -0.3 is 10.2 Å². The number of benzene rings is 2. The average molecular weight is 314 g/mol. The third-order valence-electron chi connectivity index (χ3n) is 3.10. The fraction of sp³-hybridized carbons (Fsp3) is 0.167. The summed E-state index contributed by atoms with van der Waals surface area (Å²) in [7, 11) is 1.53. The molecule has 0 radical (unpaired) electrons. The van der Waals surface area contributed by atoms with E-state index < -0.39 is 11.6 Å². The normalized spacial score (nSPS) is 9.70. The minimum absolute atomic E-state index is 0.0457. The highest BCUT2D eigenvalue weighted by atomic mass is 19.1. The Balaban J connectivity index is 1.84. The Morgan fingerprint density at radius 3 is 2.61 bits per heavy atom. The van der Waals surface area contributed by atoms with Crippen LogP contribution in [-0.4, -0.2) is 24.5 Å². The number of carbonyl (C=O) groups excluding carboxylic acids is 1. The predicted octanol–water partition coefficient (Wildman–Crippen LogP) is 3.16. The maximum Gasteiger partial charge on any atom is 0.318 e. The van der Waals surface area contributed by atoms with Crippen LogP contribution in [0.15, 0.2) is 48.5 Å². The molecule has 0 heterocycles. The fourth-order valence-electron chi connectivity index (χ4n) is 1.90. The topological polar surface area (TPSA) is 32.3 Å². The van der Waals surface area contributed by atoms with Gasteiger partial charge in [-0.1, -0.05) is 36.1 Å². The number of nitrogens with one attached hydrogen (secondary N) is 1. The van der Waals surface area contributed by atoms with Crippen molar-refractivity contribution in [2.45, 2.75) is 6.54 Å². The largest absolute Gasteiger partial charge is 0.327 e. The maximum absolute atomic E-state index is 13.5. The van der Waals surface area contributed by atoms with E-state index in [1.165, 1.54) is 18.0 Å². The molecule has 0 aromatic heterocycles. The van der Waals surface area contributed by atoms with E-state index in [1.54, 1.807) is 0 Å². The highest BCUT2D eigenvalue weighted by Crippen LogP contribution is 2.11. The van der Waals surface area contributed by atoms with Crippen molar-refractivity contribution in [3.63, 3.8) is 0 Å². The lowest BCUT2D eigenvalue weighted by molar-refractivity contribution is 0.207. The first-order valence-corrected chi connectivity index (χ1v) is 7.03. The Bertz CT molecular complexity index is 736. The Morgan fingerprint density at radius 1 is 1.17 bits per heavy atom. The summed E-state index contributed by atoms with van der Waals surface area (Å²) in [6.07, 6.45) is 0. The molecule has 0 spiro atoms. The number of hydrogen-bond donors (Lipinski definition) is 1. The van der Waals surface area contributed by atoms with Crippen LogP contribution in [0.25, 0.3) is 0 Å². The van der Waals surface area contributed by atoms with Crippen LogP contribution in [0.4, 0.5) is 13.6 Å². The zero-order valence-corrected chi connectivity index (χ0v) is 12.6. The first-order valence-electron chi connectivity index (χ1n) is 7.03. The monoisotopic (exact) mass is 314 g/mol. The molecule has 0 aliphatic rings. The van der Waals surface area contributed by atoms with Gasteiger partial charge in [0.25, 0.3) is 0 Å². The Morgan fingerprint density at radius 2 is 1.91 bits per heavy atom. The molecule has 2 aromatic rings. The van der Waals surface area contributed by atoms with Crippen LogP contribution in [0.1, 0.15) is 11.1 Å². The molecule has 23 heavy (non-hydrogen) atoms. The first kappa shape index (κ1) is 16.5. The minimum Gasteiger partial charge on any atom is -0.327 e. The van der Waals surface area contributed by atoms with E-state index in [0.29, 0.717) is 0 Å². The van der Waals surface area contributed by atoms with Gasteiger partial charge in [0.2, 0.25) is 0 Å². The number of amides is 2. The van der Waals surface area contributed by atoms with Crippen LogP contribution < -0.4 is 5.32 Å². The second-order valence-corrected chi connectivity index (χ2v) is 4.92. The van der Waals surface area contributed by atoms with Gasteiger partial charge in [-0.25, -0.2) is 13.6 Å². The second kappa shape index (κ2) is 7.95. The van der Waals surface area contributed by atoms with Crippen LogP contribution in [0.2, 0.25) is 0 Å². The van der Waals surface area contributed by atoms with Gasteiger partial charge in [0.05, 0.1) is 6.54 Å². The highest BCUT2D eigenvalue weighted by Gasteiger charge is 2.11. The lowest BCUT2D eigenvalue weighted by Crippen LogP contribution is -2.37. The van der Waals surface area contributed by atoms with Crippen molar-refractivity contribution in [2.75, 3.05) is 13.6 Å². The molecule has 0 aliphatic carbocycles. The molecule has 0 saturated carbocycles. The number of halogens is 2. The van der Waals surface area contributed by atoms with Crippen molar-refractivity contribution < 1.29 is 13.6 Å². The van der Waals surface area contributed by atoms with E-state index in [1.807, 2.05) is 30.3 Å². The fourth-order valence-corrected chi connectivity index (χ4v) is 1.90. The molecule has 2 amide bonds. The SMILES string of the molecule is CN(Cc1ccc(F)cc1F)C(=O)NCC#Cc1ccccc1. The third kappa shape index (κ3) is 5.11. The van der Waals surface area contributed by atoms with Gasteiger partial charge in [-0.05, 0) is 18.2 Å². The molecule has 0 bridgehead atoms. The van der Waals surface area contributed by atoms with Gasteiger partial charge in [0, 0.05) is 30.8 Å². The predicted molar refractivity (Wildman–Crippen MR) is 84.5 cm³/mol. The quantitative estimate of drug-likeness (QED) is 0.867. The Hall–Kier alpha value is -2.87. The zero-order chi connectivity index (χ0) is 16.7. The van der Waals surface area contributed by atoms with E-state index in [2.05, 4.69) is 17.2 Å². The molecule has 0 fully saturated rings. The van der Waals surface area contributed by atoms with Crippen LogP contribution in [0.5, 0.6) is 0 Å². The van der Waals surface area contributed by atoms with Gasteiger partial charge in [-0.15, -0.1) is 0 Å². The summed E-state index contributed by atoms with van der Waals surface area (Å²) in [5.41, 5.74) is 1.11. The summed E-state index contributed by atoms with van der Waals surface area (Å²) >= 11 is 0. The molecular formula is C18H16F2N2O. The number of urea groups is 1. The summed E-state index contributed by atoms with van der Waals surface area (Å²) < 4.78 is 26.4. The molecular weight excluding hydrogens is 298 g/mol. The molecule has 0 aliphatic heterocycles. The summed E-state index contributed by atoms with van der Waals surface area (Å²) in [5.74, 6) is 4.44. The maximum atomic E-state index is 13.5. The molecule has 0 saturated heterocycles. The van der Waals surface area contributed by atoms with Crippen molar-refractivity contribution in [3.05, 3.63) is 71.3 Å². The lowest BCUT2D eigenvalue weighted by Gasteiger charge is -2.17. The van der Waals surface area contributed by atoms with Crippen LogP contribution >= 0.6 is 0 Å². The van der Waals surface area contributed by atoms with Gasteiger partial charge in [0.15, 0.2) is 0 Å². The molecule has 2 rings (SSSR count). The highest BCUT2D eigenvalue weighted by molar-refractivity contribution is 5.74. The van der Waals surface area contributed by atoms with E-state index in [-0.39, 0.29) is 24.7 Å². The number of carbonyl (C=O) groups is 1. The van der Waals surface area contributed by atoms with E-state index in [0.717, 1.165) is 17.7 Å². The minimum atomic E-state index is -0.673. The smallest absolute Gasteiger partial charge is 0.318 e. The van der Waals surface area contributed by atoms with Crippen molar-refractivity contribution in [2.24, 2.45) is 0 Å². The van der Waals surface area contributed by atoms with Crippen LogP contribution in [0, 0.1) is 23.5 Å².